The monoisotopic (exact) mass is 234 g/mol. The smallest absolute Gasteiger partial charge is 0.280 e. The Balaban J connectivity index is 1.95. The van der Waals surface area contributed by atoms with Gasteiger partial charge in [-0.2, -0.15) is 4.98 Å². The van der Waals surface area contributed by atoms with E-state index < -0.39 is 5.54 Å². The van der Waals surface area contributed by atoms with Crippen LogP contribution >= 0.6 is 0 Å². The van der Waals surface area contributed by atoms with Crippen molar-refractivity contribution in [2.75, 3.05) is 0 Å². The second-order valence-electron chi connectivity index (χ2n) is 4.41. The topological polar surface area (TPSA) is 91.0 Å². The molecule has 0 aliphatic heterocycles. The Hall–Kier alpha value is -1.69. The van der Waals surface area contributed by atoms with Crippen molar-refractivity contribution in [3.05, 3.63) is 18.0 Å². The van der Waals surface area contributed by atoms with E-state index in [0.29, 0.717) is 17.4 Å². The molecule has 2 aromatic rings. The minimum absolute atomic E-state index is 0.391. The van der Waals surface area contributed by atoms with Crippen molar-refractivity contribution in [1.82, 2.24) is 15.1 Å². The molecule has 1 saturated carbocycles. The van der Waals surface area contributed by atoms with Crippen molar-refractivity contribution >= 4 is 0 Å². The highest BCUT2D eigenvalue weighted by Crippen LogP contribution is 2.37. The Morgan fingerprint density at radius 2 is 2.29 bits per heavy atom. The number of rotatable bonds is 3. The lowest BCUT2D eigenvalue weighted by atomic mass is 9.77. The summed E-state index contributed by atoms with van der Waals surface area (Å²) in [5.41, 5.74) is 6.35. The Kier molecular flexibility index (Phi) is 2.25. The highest BCUT2D eigenvalue weighted by Gasteiger charge is 2.39. The molecule has 6 heteroatoms. The van der Waals surface area contributed by atoms with Crippen LogP contribution in [0.15, 0.2) is 15.3 Å². The quantitative estimate of drug-likeness (QED) is 0.867. The van der Waals surface area contributed by atoms with E-state index in [1.165, 1.54) is 6.39 Å². The Bertz CT molecular complexity index is 527. The molecule has 17 heavy (non-hydrogen) atoms. The second-order valence-corrected chi connectivity index (χ2v) is 4.41. The van der Waals surface area contributed by atoms with E-state index in [0.717, 1.165) is 31.4 Å². The van der Waals surface area contributed by atoms with Crippen LogP contribution in [-0.4, -0.2) is 15.1 Å². The van der Waals surface area contributed by atoms with E-state index in [2.05, 4.69) is 15.1 Å². The van der Waals surface area contributed by atoms with E-state index in [1.807, 2.05) is 6.92 Å². The Labute approximate surface area is 98.2 Å². The van der Waals surface area contributed by atoms with Gasteiger partial charge in [-0.1, -0.05) is 12.1 Å². The van der Waals surface area contributed by atoms with Gasteiger partial charge >= 0.3 is 0 Å². The molecule has 0 unspecified atom stereocenters. The zero-order valence-electron chi connectivity index (χ0n) is 9.64. The summed E-state index contributed by atoms with van der Waals surface area (Å²) < 4.78 is 10.4. The average Bonchev–Trinajstić information content (AvgIpc) is 2.93. The van der Waals surface area contributed by atoms with Crippen molar-refractivity contribution in [2.24, 2.45) is 5.73 Å². The van der Waals surface area contributed by atoms with Crippen molar-refractivity contribution in [3.8, 4) is 11.6 Å². The Morgan fingerprint density at radius 1 is 1.47 bits per heavy atom. The van der Waals surface area contributed by atoms with Crippen LogP contribution in [0.5, 0.6) is 0 Å². The number of aromatic nitrogens is 3. The van der Waals surface area contributed by atoms with E-state index in [1.54, 1.807) is 0 Å². The van der Waals surface area contributed by atoms with Gasteiger partial charge in [0.2, 0.25) is 0 Å². The number of aryl methyl sites for hydroxylation is 1. The van der Waals surface area contributed by atoms with Crippen LogP contribution in [0, 0.1) is 0 Å². The van der Waals surface area contributed by atoms with Crippen LogP contribution in [0.25, 0.3) is 11.6 Å². The Morgan fingerprint density at radius 3 is 2.94 bits per heavy atom. The zero-order valence-corrected chi connectivity index (χ0v) is 9.64. The van der Waals surface area contributed by atoms with Gasteiger partial charge in [0.15, 0.2) is 17.9 Å². The van der Waals surface area contributed by atoms with Gasteiger partial charge in [0.25, 0.3) is 5.89 Å². The van der Waals surface area contributed by atoms with Gasteiger partial charge in [0, 0.05) is 6.42 Å². The van der Waals surface area contributed by atoms with Crippen LogP contribution in [0.2, 0.25) is 0 Å². The van der Waals surface area contributed by atoms with E-state index >= 15 is 0 Å². The molecule has 1 aliphatic carbocycles. The van der Waals surface area contributed by atoms with Crippen LogP contribution in [0.3, 0.4) is 0 Å². The molecule has 2 aromatic heterocycles. The standard InChI is InChI=1S/C11H14N4O2/c1-2-7-8(13-6-16-7)9-14-10(15-17-9)11(12)4-3-5-11/h6H,2-5,12H2,1H3. The van der Waals surface area contributed by atoms with E-state index in [-0.39, 0.29) is 0 Å². The molecule has 1 aliphatic rings. The molecule has 0 spiro atoms. The third-order valence-corrected chi connectivity index (χ3v) is 3.28. The molecule has 0 aromatic carbocycles. The fourth-order valence-corrected chi connectivity index (χ4v) is 2.00. The SMILES string of the molecule is CCc1ocnc1-c1nc(C2(N)CCC2)no1. The lowest BCUT2D eigenvalue weighted by molar-refractivity contribution is 0.229. The van der Waals surface area contributed by atoms with Gasteiger partial charge < -0.3 is 14.7 Å². The third-order valence-electron chi connectivity index (χ3n) is 3.28. The molecular weight excluding hydrogens is 220 g/mol. The summed E-state index contributed by atoms with van der Waals surface area (Å²) in [4.78, 5) is 8.42. The van der Waals surface area contributed by atoms with Crippen LogP contribution in [0.1, 0.15) is 37.8 Å². The largest absolute Gasteiger partial charge is 0.448 e. The summed E-state index contributed by atoms with van der Waals surface area (Å²) in [5, 5.41) is 3.95. The molecule has 90 valence electrons. The predicted octanol–water partition coefficient (Wildman–Crippen LogP) is 1.62. The van der Waals surface area contributed by atoms with Crippen LogP contribution < -0.4 is 5.73 Å². The second kappa shape index (κ2) is 3.66. The average molecular weight is 234 g/mol. The maximum atomic E-state index is 6.13. The van der Waals surface area contributed by atoms with E-state index in [4.69, 9.17) is 14.7 Å². The first-order chi connectivity index (χ1) is 8.23. The molecule has 0 atom stereocenters. The van der Waals surface area contributed by atoms with Crippen LogP contribution in [-0.2, 0) is 12.0 Å². The molecule has 6 nitrogen and oxygen atoms in total. The summed E-state index contributed by atoms with van der Waals surface area (Å²) in [6.45, 7) is 1.98. The first-order valence-corrected chi connectivity index (χ1v) is 5.79. The minimum Gasteiger partial charge on any atom is -0.448 e. The minimum atomic E-state index is -0.405. The highest BCUT2D eigenvalue weighted by molar-refractivity contribution is 5.49. The molecule has 3 rings (SSSR count). The number of nitrogens with zero attached hydrogens (tertiary/aromatic N) is 3. The number of oxazole rings is 1. The van der Waals surface area contributed by atoms with Gasteiger partial charge in [0.05, 0.1) is 5.54 Å². The van der Waals surface area contributed by atoms with Gasteiger partial charge in [-0.15, -0.1) is 0 Å². The molecule has 2 N–H and O–H groups in total. The fraction of sp³-hybridized carbons (Fsp3) is 0.545. The van der Waals surface area contributed by atoms with Crippen molar-refractivity contribution in [2.45, 2.75) is 38.1 Å². The molecule has 2 heterocycles. The summed E-state index contributed by atoms with van der Waals surface area (Å²) in [6.07, 6.45) is 5.06. The lowest BCUT2D eigenvalue weighted by Crippen LogP contribution is -2.44. The van der Waals surface area contributed by atoms with Gasteiger partial charge in [0.1, 0.15) is 5.76 Å². The van der Waals surface area contributed by atoms with Gasteiger partial charge in [-0.3, -0.25) is 0 Å². The summed E-state index contributed by atoms with van der Waals surface area (Å²) >= 11 is 0. The summed E-state index contributed by atoms with van der Waals surface area (Å²) in [7, 11) is 0. The van der Waals surface area contributed by atoms with Crippen molar-refractivity contribution < 1.29 is 8.94 Å². The number of nitrogens with two attached hydrogens (primary N) is 1. The maximum Gasteiger partial charge on any atom is 0.280 e. The highest BCUT2D eigenvalue weighted by atomic mass is 16.5. The van der Waals surface area contributed by atoms with Crippen LogP contribution in [0.4, 0.5) is 0 Å². The van der Waals surface area contributed by atoms with Crippen molar-refractivity contribution in [3.63, 3.8) is 0 Å². The summed E-state index contributed by atoms with van der Waals surface area (Å²) in [6, 6.07) is 0. The van der Waals surface area contributed by atoms with Crippen molar-refractivity contribution in [1.29, 1.82) is 0 Å². The normalized spacial score (nSPS) is 18.0. The summed E-state index contributed by atoms with van der Waals surface area (Å²) in [5.74, 6) is 1.71. The molecule has 0 amide bonds. The third kappa shape index (κ3) is 1.56. The maximum absolute atomic E-state index is 6.13. The zero-order chi connectivity index (χ0) is 11.9. The van der Waals surface area contributed by atoms with E-state index in [9.17, 15) is 0 Å². The molecule has 0 saturated heterocycles. The first-order valence-electron chi connectivity index (χ1n) is 5.79. The first kappa shape index (κ1) is 10.5. The molecule has 0 radical (unpaired) electrons. The fourth-order valence-electron chi connectivity index (χ4n) is 2.00. The number of hydrogen-bond acceptors (Lipinski definition) is 6. The lowest BCUT2D eigenvalue weighted by Gasteiger charge is -2.34. The molecule has 1 fully saturated rings. The number of hydrogen-bond donors (Lipinski definition) is 1. The molecule has 0 bridgehead atoms. The van der Waals surface area contributed by atoms with Gasteiger partial charge in [-0.05, 0) is 19.3 Å². The molecular formula is C11H14N4O2. The predicted molar refractivity (Wildman–Crippen MR) is 58.9 cm³/mol. The van der Waals surface area contributed by atoms with Gasteiger partial charge in [-0.25, -0.2) is 4.98 Å².